The van der Waals surface area contributed by atoms with Gasteiger partial charge in [0.15, 0.2) is 5.89 Å². The van der Waals surface area contributed by atoms with E-state index in [1.165, 1.54) is 42.2 Å². The number of hydrogen-bond acceptors (Lipinski definition) is 17. The first kappa shape index (κ1) is 59.6. The van der Waals surface area contributed by atoms with E-state index in [2.05, 4.69) is 32.1 Å². The number of aryl methyl sites for hydroxylation is 4. The lowest BCUT2D eigenvalue weighted by Crippen LogP contribution is -2.36. The van der Waals surface area contributed by atoms with Crippen molar-refractivity contribution >= 4 is 100 Å². The van der Waals surface area contributed by atoms with E-state index in [-0.39, 0.29) is 104 Å². The maximum atomic E-state index is 13.7. The molecule has 2 unspecified atom stereocenters. The first-order chi connectivity index (χ1) is 37.7. The molecule has 0 spiro atoms. The summed E-state index contributed by atoms with van der Waals surface area (Å²) < 4.78 is 23.2. The average Bonchev–Trinajstić information content (AvgIpc) is 4.24. The van der Waals surface area contributed by atoms with E-state index < -0.39 is 35.0 Å². The Morgan fingerprint density at radius 1 is 0.937 bits per heavy atom. The smallest absolute Gasteiger partial charge is 0.321 e. The molecule has 4 aromatic heterocycles. The van der Waals surface area contributed by atoms with Crippen molar-refractivity contribution in [3.05, 3.63) is 87.9 Å². The molecule has 6 rings (SSSR count). The second-order valence-corrected chi connectivity index (χ2v) is 19.6. The number of anilines is 1. The van der Waals surface area contributed by atoms with Crippen LogP contribution in [0.1, 0.15) is 92.9 Å². The van der Waals surface area contributed by atoms with Gasteiger partial charge in [0.05, 0.1) is 53.6 Å². The lowest BCUT2D eigenvalue weighted by Gasteiger charge is -2.22. The van der Waals surface area contributed by atoms with Crippen molar-refractivity contribution < 1.29 is 52.6 Å². The molecular formula is C53H66N14O11S. The highest BCUT2D eigenvalue weighted by Gasteiger charge is 2.26. The first-order valence-corrected chi connectivity index (χ1v) is 26.2. The van der Waals surface area contributed by atoms with E-state index in [0.717, 1.165) is 23.1 Å². The molecule has 0 bridgehead atoms. The number of nitrogens with zero attached hydrogens (tertiary/aromatic N) is 10. The number of nitrogens with two attached hydrogens (primary N) is 3. The monoisotopic (exact) mass is 1110 g/mol. The Labute approximate surface area is 459 Å². The van der Waals surface area contributed by atoms with Crippen LogP contribution in [0.3, 0.4) is 0 Å². The topological polar surface area (TPSA) is 346 Å². The largest absolute Gasteiger partial charge is 0.494 e. The summed E-state index contributed by atoms with van der Waals surface area (Å²) in [5, 5.41) is 16.2. The quantitative estimate of drug-likeness (QED) is 0.0182. The van der Waals surface area contributed by atoms with Crippen LogP contribution in [0.5, 0.6) is 11.5 Å². The van der Waals surface area contributed by atoms with E-state index in [4.69, 9.17) is 41.2 Å². The van der Waals surface area contributed by atoms with Gasteiger partial charge in [-0.2, -0.15) is 5.10 Å². The Morgan fingerprint density at radius 3 is 2.27 bits per heavy atom. The second kappa shape index (κ2) is 27.1. The fourth-order valence-corrected chi connectivity index (χ4v) is 9.52. The number of primary amides is 2. The van der Waals surface area contributed by atoms with E-state index in [1.807, 2.05) is 48.2 Å². The maximum Gasteiger partial charge on any atom is 0.321 e. The van der Waals surface area contributed by atoms with E-state index >= 15 is 0 Å². The van der Waals surface area contributed by atoms with Crippen molar-refractivity contribution in [1.82, 2.24) is 38.7 Å². The van der Waals surface area contributed by atoms with Crippen LogP contribution in [0.25, 0.3) is 21.9 Å². The lowest BCUT2D eigenvalue weighted by molar-refractivity contribution is -0.138. The van der Waals surface area contributed by atoms with Crippen molar-refractivity contribution in [1.29, 1.82) is 0 Å². The highest BCUT2D eigenvalue weighted by Crippen LogP contribution is 2.39. The molecule has 0 aliphatic carbocycles. The van der Waals surface area contributed by atoms with Gasteiger partial charge in [-0.05, 0) is 63.7 Å². The number of nitrogens with one attached hydrogen (secondary N) is 1. The van der Waals surface area contributed by atoms with Crippen molar-refractivity contribution in [2.24, 2.45) is 27.2 Å². The third-order valence-electron chi connectivity index (χ3n) is 12.7. The maximum absolute atomic E-state index is 13.7. The van der Waals surface area contributed by atoms with Gasteiger partial charge in [-0.1, -0.05) is 19.1 Å². The van der Waals surface area contributed by atoms with E-state index in [0.29, 0.717) is 70.6 Å². The van der Waals surface area contributed by atoms with Gasteiger partial charge in [0, 0.05) is 101 Å². The minimum atomic E-state index is -1.21. The zero-order valence-corrected chi connectivity index (χ0v) is 46.0. The Balaban J connectivity index is 1.28. The summed E-state index contributed by atoms with van der Waals surface area (Å²) in [6.45, 7) is 12.9. The number of hydrogen-bond donors (Lipinski definition) is 5. The van der Waals surface area contributed by atoms with Gasteiger partial charge in [-0.25, -0.2) is 15.0 Å². The van der Waals surface area contributed by atoms with Crippen LogP contribution in [0.2, 0.25) is 0 Å². The Morgan fingerprint density at radius 2 is 1.62 bits per heavy atom. The fraction of sp³-hybridized carbons (Fsp3) is 0.396. The molecule has 5 amide bonds. The molecule has 25 nitrogen and oxygen atoms in total. The molecule has 0 saturated heterocycles. The Bertz CT molecular complexity index is 3340. The molecule has 26 heteroatoms. The lowest BCUT2D eigenvalue weighted by atomic mass is 10.1. The number of benzene rings is 2. The van der Waals surface area contributed by atoms with Crippen molar-refractivity contribution in [3.8, 4) is 11.5 Å². The number of allylic oxidation sites excluding steroid dienone is 2. The van der Waals surface area contributed by atoms with Crippen LogP contribution in [0.4, 0.5) is 11.8 Å². The van der Waals surface area contributed by atoms with Crippen LogP contribution in [-0.2, 0) is 51.8 Å². The second-order valence-electron chi connectivity index (χ2n) is 18.3. The summed E-state index contributed by atoms with van der Waals surface area (Å²) >= 11 is 0.979. The van der Waals surface area contributed by atoms with E-state index in [1.54, 1.807) is 30.8 Å². The molecule has 4 heterocycles. The number of imidazole rings is 1. The van der Waals surface area contributed by atoms with E-state index in [9.17, 15) is 33.6 Å². The SMILES string of the molecule is C=Nc1c(C=NCc2cc(C)nn2CC)c2cc(C(N)=O)cc(OCCCN(C)C(=O)CCN(C)C(=O)CC(C=O)SCC(N)C(=O)O)c2n1C/C=C/Cn1c(NC(=O)c2oc(C)nc2CC)nc2cc(C(N)=O)cc(OC)c21. The van der Waals surface area contributed by atoms with Gasteiger partial charge in [0.25, 0.3) is 5.91 Å². The summed E-state index contributed by atoms with van der Waals surface area (Å²) in [7, 11) is 4.58. The molecule has 8 N–H and O–H groups in total. The number of carboxylic acid groups (broad SMARTS) is 1. The number of ether oxygens (including phenoxy) is 2. The number of aromatic nitrogens is 6. The average molecular weight is 1110 g/mol. The summed E-state index contributed by atoms with van der Waals surface area (Å²) in [6.07, 6.45) is 6.51. The highest BCUT2D eigenvalue weighted by atomic mass is 32.2. The molecule has 0 saturated carbocycles. The standard InChI is InChI=1S/C53H66N14O11S/c1-9-39-47(78-31(4)59-39)51(73)61-53-60-40-22-33(49(56)72)23-41(76-8)46(40)66(53)17-12-11-16-65-45-36(37(50(65)57-5)27-58-26-34-20-30(3)62-67(34)10-2)21-32(48(55)71)24-42(45)77-19-13-15-63(6)43(69)14-18-64(7)44(70)25-35(28-68)79-29-38(54)52(74)75/h11-12,20-24,27-28,35,38H,5,9-10,13-19,25-26,29,54H2,1-4,6-8H3,(H2,55,71)(H2,56,72)(H,74,75)(H,60,61,73)/b12-11+,58-27?. The van der Waals surface area contributed by atoms with Crippen LogP contribution in [0, 0.1) is 13.8 Å². The van der Waals surface area contributed by atoms with Gasteiger partial charge in [0.2, 0.25) is 35.3 Å². The van der Waals surface area contributed by atoms with Crippen molar-refractivity contribution in [3.63, 3.8) is 0 Å². The number of oxazole rings is 1. The number of aliphatic imine (C=N–C) groups is 2. The minimum Gasteiger partial charge on any atom is -0.494 e. The number of methoxy groups -OCH3 is 1. The van der Waals surface area contributed by atoms with Gasteiger partial charge in [-0.3, -0.25) is 43.8 Å². The number of rotatable bonds is 30. The fourth-order valence-electron chi connectivity index (χ4n) is 8.59. The van der Waals surface area contributed by atoms with Gasteiger partial charge >= 0.3 is 5.97 Å². The molecule has 0 radical (unpaired) electrons. The normalized spacial score (nSPS) is 12.3. The number of aldehydes is 1. The molecule has 420 valence electrons. The number of carboxylic acids is 1. The molecular weight excluding hydrogens is 1040 g/mol. The van der Waals surface area contributed by atoms with Crippen molar-refractivity contribution in [2.45, 2.75) is 90.8 Å². The third-order valence-corrected chi connectivity index (χ3v) is 13.9. The third kappa shape index (κ3) is 14.5. The van der Waals surface area contributed by atoms with Crippen LogP contribution >= 0.6 is 11.8 Å². The predicted octanol–water partition coefficient (Wildman–Crippen LogP) is 4.22. The zero-order chi connectivity index (χ0) is 57.7. The summed E-state index contributed by atoms with van der Waals surface area (Å²) in [6, 6.07) is 6.94. The minimum absolute atomic E-state index is 0.00821. The summed E-state index contributed by atoms with van der Waals surface area (Å²) in [4.78, 5) is 109. The summed E-state index contributed by atoms with van der Waals surface area (Å²) in [5.41, 5.74) is 21.4. The number of amides is 5. The van der Waals surface area contributed by atoms with Crippen LogP contribution in [0.15, 0.2) is 56.9 Å². The van der Waals surface area contributed by atoms with Crippen molar-refractivity contribution in [2.75, 3.05) is 52.0 Å². The Kier molecular flexibility index (Phi) is 20.4. The molecule has 79 heavy (non-hydrogen) atoms. The molecule has 0 aliphatic heterocycles. The highest BCUT2D eigenvalue weighted by molar-refractivity contribution is 8.00. The Hall–Kier alpha value is -8.65. The summed E-state index contributed by atoms with van der Waals surface area (Å²) in [5.74, 6) is -2.50. The number of carbonyl (C=O) groups is 7. The molecule has 2 atom stereocenters. The molecule has 0 aliphatic rings. The van der Waals surface area contributed by atoms with Gasteiger partial charge in [-0.15, -0.1) is 11.8 Å². The van der Waals surface area contributed by atoms with Crippen LogP contribution < -0.4 is 32.0 Å². The van der Waals surface area contributed by atoms with Gasteiger partial charge in [0.1, 0.15) is 35.2 Å². The number of carbonyl (C=O) groups excluding carboxylic acids is 6. The molecule has 6 aromatic rings. The first-order valence-electron chi connectivity index (χ1n) is 25.2. The number of thioether (sulfide) groups is 1. The zero-order valence-electron chi connectivity index (χ0n) is 45.2. The number of fused-ring (bicyclic) bond motifs is 2. The molecule has 0 fully saturated rings. The molecule has 2 aromatic carbocycles. The van der Waals surface area contributed by atoms with Gasteiger partial charge < -0.3 is 59.9 Å². The predicted molar refractivity (Wildman–Crippen MR) is 299 cm³/mol. The number of aliphatic carboxylic acids is 1. The van der Waals surface area contributed by atoms with Crippen LogP contribution in [-0.4, -0.2) is 156 Å².